The van der Waals surface area contributed by atoms with Crippen molar-refractivity contribution >= 4 is 11.8 Å². The summed E-state index contributed by atoms with van der Waals surface area (Å²) in [5.74, 6) is 6.22. The fraction of sp³-hybridized carbons (Fsp3) is 0.250. The monoisotopic (exact) mass is 320 g/mol. The summed E-state index contributed by atoms with van der Waals surface area (Å²) in [6.45, 7) is 1.76. The van der Waals surface area contributed by atoms with Crippen LogP contribution in [-0.4, -0.2) is 19.2 Å². The minimum atomic E-state index is -0.413. The van der Waals surface area contributed by atoms with Crippen molar-refractivity contribution in [2.45, 2.75) is 19.4 Å². The molecule has 4 heteroatoms. The van der Waals surface area contributed by atoms with Gasteiger partial charge in [-0.25, -0.2) is 4.79 Å². The topological polar surface area (TPSA) is 50.4 Å². The standard InChI is InChI=1S/C20H20N2O2/c23-20(24-15-17-7-2-1-3-8-17)22-12-5-4-6-16-9-10-19-18(14-16)11-13-21-19/h1-3,7-10,14,21H,5,11-13,15H2,(H,22,23). The van der Waals surface area contributed by atoms with Crippen LogP contribution in [0.1, 0.15) is 23.1 Å². The van der Waals surface area contributed by atoms with Gasteiger partial charge in [0.25, 0.3) is 0 Å². The second kappa shape index (κ2) is 8.07. The molecule has 0 aliphatic carbocycles. The summed E-state index contributed by atoms with van der Waals surface area (Å²) >= 11 is 0. The lowest BCUT2D eigenvalue weighted by atomic mass is 10.1. The lowest BCUT2D eigenvalue weighted by Crippen LogP contribution is -2.24. The molecule has 1 heterocycles. The van der Waals surface area contributed by atoms with Crippen LogP contribution >= 0.6 is 0 Å². The first-order chi connectivity index (χ1) is 11.8. The number of fused-ring (bicyclic) bond motifs is 1. The Balaban J connectivity index is 1.37. The van der Waals surface area contributed by atoms with E-state index in [1.165, 1.54) is 11.3 Å². The number of hydrogen-bond donors (Lipinski definition) is 2. The van der Waals surface area contributed by atoms with Gasteiger partial charge in [0.05, 0.1) is 0 Å². The maximum atomic E-state index is 11.6. The third kappa shape index (κ3) is 4.53. The maximum Gasteiger partial charge on any atom is 0.407 e. The number of carbonyl (C=O) groups is 1. The van der Waals surface area contributed by atoms with Crippen LogP contribution in [0.2, 0.25) is 0 Å². The highest BCUT2D eigenvalue weighted by Crippen LogP contribution is 2.22. The van der Waals surface area contributed by atoms with Gasteiger partial charge in [-0.05, 0) is 35.7 Å². The molecular formula is C20H20N2O2. The van der Waals surface area contributed by atoms with E-state index in [-0.39, 0.29) is 6.61 Å². The Hall–Kier alpha value is -2.93. The largest absolute Gasteiger partial charge is 0.445 e. The minimum absolute atomic E-state index is 0.279. The number of carbonyl (C=O) groups excluding carboxylic acids is 1. The lowest BCUT2D eigenvalue weighted by molar-refractivity contribution is 0.140. The highest BCUT2D eigenvalue weighted by atomic mass is 16.5. The third-order valence-corrected chi connectivity index (χ3v) is 3.78. The highest BCUT2D eigenvalue weighted by molar-refractivity contribution is 5.67. The van der Waals surface area contributed by atoms with Gasteiger partial charge in [0.15, 0.2) is 0 Å². The van der Waals surface area contributed by atoms with Crippen molar-refractivity contribution in [2.24, 2.45) is 0 Å². The van der Waals surface area contributed by atoms with E-state index < -0.39 is 6.09 Å². The molecule has 122 valence electrons. The van der Waals surface area contributed by atoms with Gasteiger partial charge >= 0.3 is 6.09 Å². The average Bonchev–Trinajstić information content (AvgIpc) is 3.08. The Morgan fingerprint density at radius 2 is 2.08 bits per heavy atom. The van der Waals surface area contributed by atoms with E-state index in [1.54, 1.807) is 0 Å². The summed E-state index contributed by atoms with van der Waals surface area (Å²) in [6.07, 6.45) is 1.24. The molecule has 2 N–H and O–H groups in total. The van der Waals surface area contributed by atoms with Gasteiger partial charge in [-0.2, -0.15) is 0 Å². The molecule has 0 aromatic heterocycles. The van der Waals surface area contributed by atoms with Crippen LogP contribution in [0.3, 0.4) is 0 Å². The van der Waals surface area contributed by atoms with Crippen molar-refractivity contribution in [3.8, 4) is 11.8 Å². The predicted molar refractivity (Wildman–Crippen MR) is 94.8 cm³/mol. The van der Waals surface area contributed by atoms with Gasteiger partial charge < -0.3 is 15.4 Å². The number of rotatable bonds is 4. The molecule has 0 radical (unpaired) electrons. The molecule has 0 saturated heterocycles. The van der Waals surface area contributed by atoms with E-state index in [4.69, 9.17) is 4.74 Å². The van der Waals surface area contributed by atoms with E-state index >= 15 is 0 Å². The molecule has 24 heavy (non-hydrogen) atoms. The van der Waals surface area contributed by atoms with E-state index in [0.717, 1.165) is 24.1 Å². The molecule has 0 saturated carbocycles. The Morgan fingerprint density at radius 3 is 2.96 bits per heavy atom. The summed E-state index contributed by atoms with van der Waals surface area (Å²) in [5.41, 5.74) is 4.52. The molecule has 1 amide bonds. The van der Waals surface area contributed by atoms with Gasteiger partial charge in [-0.1, -0.05) is 42.2 Å². The van der Waals surface area contributed by atoms with Crippen LogP contribution in [0.15, 0.2) is 48.5 Å². The summed E-state index contributed by atoms with van der Waals surface area (Å²) in [6, 6.07) is 15.8. The second-order valence-electron chi connectivity index (χ2n) is 5.59. The Morgan fingerprint density at radius 1 is 1.21 bits per heavy atom. The van der Waals surface area contributed by atoms with Crippen LogP contribution in [0.25, 0.3) is 0 Å². The smallest absolute Gasteiger partial charge is 0.407 e. The average molecular weight is 320 g/mol. The molecule has 3 rings (SSSR count). The number of nitrogens with one attached hydrogen (secondary N) is 2. The van der Waals surface area contributed by atoms with Crippen molar-refractivity contribution in [1.82, 2.24) is 5.32 Å². The number of ether oxygens (including phenoxy) is 1. The maximum absolute atomic E-state index is 11.6. The molecule has 2 aromatic rings. The second-order valence-corrected chi connectivity index (χ2v) is 5.59. The molecular weight excluding hydrogens is 300 g/mol. The van der Waals surface area contributed by atoms with E-state index in [9.17, 15) is 4.79 Å². The van der Waals surface area contributed by atoms with Crippen LogP contribution in [0, 0.1) is 11.8 Å². The summed E-state index contributed by atoms with van der Waals surface area (Å²) in [7, 11) is 0. The predicted octanol–water partition coefficient (Wildman–Crippen LogP) is 3.32. The van der Waals surface area contributed by atoms with Crippen molar-refractivity contribution in [3.63, 3.8) is 0 Å². The Bertz CT molecular complexity index is 760. The summed E-state index contributed by atoms with van der Waals surface area (Å²) < 4.78 is 5.14. The highest BCUT2D eigenvalue weighted by Gasteiger charge is 2.08. The zero-order chi connectivity index (χ0) is 16.6. The molecule has 0 bridgehead atoms. The molecule has 0 atom stereocenters. The molecule has 0 unspecified atom stereocenters. The van der Waals surface area contributed by atoms with Crippen LogP contribution in [0.5, 0.6) is 0 Å². The first-order valence-electron chi connectivity index (χ1n) is 8.11. The van der Waals surface area contributed by atoms with Crippen LogP contribution < -0.4 is 10.6 Å². The first-order valence-corrected chi connectivity index (χ1v) is 8.11. The number of alkyl carbamates (subject to hydrolysis) is 1. The van der Waals surface area contributed by atoms with E-state index in [2.05, 4.69) is 34.6 Å². The van der Waals surface area contributed by atoms with Gasteiger partial charge in [0, 0.05) is 30.8 Å². The quantitative estimate of drug-likeness (QED) is 0.671. The van der Waals surface area contributed by atoms with E-state index in [0.29, 0.717) is 13.0 Å². The Labute approximate surface area is 142 Å². The molecule has 0 spiro atoms. The normalized spacial score (nSPS) is 11.7. The summed E-state index contributed by atoms with van der Waals surface area (Å²) in [5, 5.41) is 6.04. The summed E-state index contributed by atoms with van der Waals surface area (Å²) in [4.78, 5) is 11.6. The van der Waals surface area contributed by atoms with Gasteiger partial charge in [-0.15, -0.1) is 0 Å². The van der Waals surface area contributed by atoms with E-state index in [1.807, 2.05) is 36.4 Å². The number of amides is 1. The zero-order valence-corrected chi connectivity index (χ0v) is 13.5. The number of hydrogen-bond acceptors (Lipinski definition) is 3. The Kier molecular flexibility index (Phi) is 5.36. The van der Waals surface area contributed by atoms with Gasteiger partial charge in [0.2, 0.25) is 0 Å². The molecule has 0 fully saturated rings. The van der Waals surface area contributed by atoms with Crippen molar-refractivity contribution < 1.29 is 9.53 Å². The van der Waals surface area contributed by atoms with Crippen LogP contribution in [0.4, 0.5) is 10.5 Å². The first kappa shape index (κ1) is 15.9. The lowest BCUT2D eigenvalue weighted by Gasteiger charge is -2.05. The number of anilines is 1. The zero-order valence-electron chi connectivity index (χ0n) is 13.5. The van der Waals surface area contributed by atoms with Crippen molar-refractivity contribution in [2.75, 3.05) is 18.4 Å². The third-order valence-electron chi connectivity index (χ3n) is 3.78. The molecule has 1 aliphatic heterocycles. The minimum Gasteiger partial charge on any atom is -0.445 e. The van der Waals surface area contributed by atoms with Gasteiger partial charge in [-0.3, -0.25) is 0 Å². The number of benzene rings is 2. The molecule has 2 aromatic carbocycles. The van der Waals surface area contributed by atoms with Crippen LogP contribution in [-0.2, 0) is 17.8 Å². The van der Waals surface area contributed by atoms with Gasteiger partial charge in [0.1, 0.15) is 6.61 Å². The molecule has 1 aliphatic rings. The van der Waals surface area contributed by atoms with Crippen molar-refractivity contribution in [1.29, 1.82) is 0 Å². The fourth-order valence-corrected chi connectivity index (χ4v) is 2.55. The fourth-order valence-electron chi connectivity index (χ4n) is 2.55. The van der Waals surface area contributed by atoms with Crippen molar-refractivity contribution in [3.05, 3.63) is 65.2 Å². The molecule has 4 nitrogen and oxygen atoms in total. The SMILES string of the molecule is O=C(NCCC#Cc1ccc2c(c1)CCN2)OCc1ccccc1.